The summed E-state index contributed by atoms with van der Waals surface area (Å²) in [4.78, 5) is 15.5. The topological polar surface area (TPSA) is 40.5 Å². The Hall–Kier alpha value is -1.13. The Balaban J connectivity index is 1.59. The van der Waals surface area contributed by atoms with Gasteiger partial charge in [0.25, 0.3) is 0 Å². The molecule has 0 saturated heterocycles. The van der Waals surface area contributed by atoms with Gasteiger partial charge in [-0.3, -0.25) is 4.79 Å². The van der Waals surface area contributed by atoms with Gasteiger partial charge in [0.05, 0.1) is 12.0 Å². The molecular formula is C16H21NO2S. The highest BCUT2D eigenvalue weighted by Crippen LogP contribution is 2.33. The third-order valence-corrected chi connectivity index (χ3v) is 5.36. The van der Waals surface area contributed by atoms with Crippen LogP contribution in [0.1, 0.15) is 43.4 Å². The first kappa shape index (κ1) is 13.8. The lowest BCUT2D eigenvalue weighted by molar-refractivity contribution is -0.135. The first-order valence-corrected chi connectivity index (χ1v) is 8.27. The molecule has 4 heteroatoms. The average molecular weight is 291 g/mol. The fourth-order valence-corrected chi connectivity index (χ4v) is 3.98. The molecule has 0 aromatic carbocycles. The van der Waals surface area contributed by atoms with Gasteiger partial charge in [-0.2, -0.15) is 0 Å². The Labute approximate surface area is 123 Å². The fourth-order valence-electron chi connectivity index (χ4n) is 3.18. The largest absolute Gasteiger partial charge is 0.389 e. The van der Waals surface area contributed by atoms with E-state index >= 15 is 0 Å². The zero-order valence-electron chi connectivity index (χ0n) is 11.7. The number of aliphatic hydroxyl groups is 1. The lowest BCUT2D eigenvalue weighted by Gasteiger charge is -2.30. The smallest absolute Gasteiger partial charge is 0.225 e. The molecule has 1 aromatic heterocycles. The highest BCUT2D eigenvalue weighted by Gasteiger charge is 2.35. The van der Waals surface area contributed by atoms with Gasteiger partial charge in [0, 0.05) is 18.0 Å². The molecule has 1 aromatic rings. The fraction of sp³-hybridized carbons (Fsp3) is 0.562. The van der Waals surface area contributed by atoms with Gasteiger partial charge in [-0.05, 0) is 36.3 Å². The van der Waals surface area contributed by atoms with Crippen LogP contribution in [0.4, 0.5) is 0 Å². The first-order valence-electron chi connectivity index (χ1n) is 7.39. The van der Waals surface area contributed by atoms with E-state index in [1.807, 2.05) is 4.90 Å². The molecule has 0 radical (unpaired) electrons. The van der Waals surface area contributed by atoms with Gasteiger partial charge in [0.1, 0.15) is 0 Å². The van der Waals surface area contributed by atoms with Crippen LogP contribution in [-0.2, 0) is 4.79 Å². The number of amides is 1. The number of thiophene rings is 1. The van der Waals surface area contributed by atoms with Crippen molar-refractivity contribution in [1.29, 1.82) is 0 Å². The second-order valence-corrected chi connectivity index (χ2v) is 6.85. The summed E-state index contributed by atoms with van der Waals surface area (Å²) >= 11 is 1.75. The van der Waals surface area contributed by atoms with Crippen molar-refractivity contribution in [3.63, 3.8) is 0 Å². The third kappa shape index (κ3) is 2.96. The van der Waals surface area contributed by atoms with Gasteiger partial charge in [-0.1, -0.05) is 25.0 Å². The number of hydrogen-bond donors (Lipinski definition) is 1. The predicted molar refractivity (Wildman–Crippen MR) is 81.5 cm³/mol. The van der Waals surface area contributed by atoms with Gasteiger partial charge in [-0.25, -0.2) is 0 Å². The summed E-state index contributed by atoms with van der Waals surface area (Å²) < 4.78 is 0. The van der Waals surface area contributed by atoms with Crippen LogP contribution in [0.2, 0.25) is 0 Å². The van der Waals surface area contributed by atoms with Crippen LogP contribution in [0, 0.1) is 0 Å². The van der Waals surface area contributed by atoms with Crippen LogP contribution < -0.4 is 0 Å². The van der Waals surface area contributed by atoms with Crippen molar-refractivity contribution < 1.29 is 9.90 Å². The van der Waals surface area contributed by atoms with Crippen LogP contribution in [0.25, 0.3) is 5.57 Å². The number of hydrogen-bond acceptors (Lipinski definition) is 3. The van der Waals surface area contributed by atoms with Crippen molar-refractivity contribution in [2.24, 2.45) is 0 Å². The minimum Gasteiger partial charge on any atom is -0.389 e. The van der Waals surface area contributed by atoms with Gasteiger partial charge in [0.15, 0.2) is 0 Å². The Bertz CT molecular complexity index is 501. The highest BCUT2D eigenvalue weighted by atomic mass is 32.1. The summed E-state index contributed by atoms with van der Waals surface area (Å²) in [6.45, 7) is 1.46. The van der Waals surface area contributed by atoms with Crippen molar-refractivity contribution in [1.82, 2.24) is 4.90 Å². The lowest BCUT2D eigenvalue weighted by Crippen LogP contribution is -2.40. The molecule has 3 rings (SSSR count). The molecule has 1 N–H and O–H groups in total. The molecule has 0 bridgehead atoms. The minimum atomic E-state index is -0.727. The van der Waals surface area contributed by atoms with E-state index in [4.69, 9.17) is 0 Å². The van der Waals surface area contributed by atoms with E-state index in [0.29, 0.717) is 13.0 Å². The summed E-state index contributed by atoms with van der Waals surface area (Å²) in [5, 5.41) is 12.4. The van der Waals surface area contributed by atoms with Crippen LogP contribution in [0.3, 0.4) is 0 Å². The molecule has 1 fully saturated rings. The first-order chi connectivity index (χ1) is 9.66. The van der Waals surface area contributed by atoms with Crippen molar-refractivity contribution in [2.45, 2.75) is 44.1 Å². The molecule has 0 atom stereocenters. The lowest BCUT2D eigenvalue weighted by atomic mass is 9.96. The van der Waals surface area contributed by atoms with Gasteiger partial charge >= 0.3 is 0 Å². The van der Waals surface area contributed by atoms with E-state index in [2.05, 4.69) is 23.6 Å². The molecule has 1 aliphatic carbocycles. The van der Waals surface area contributed by atoms with Crippen molar-refractivity contribution in [3.8, 4) is 0 Å². The number of rotatable bonds is 3. The van der Waals surface area contributed by atoms with Crippen molar-refractivity contribution in [2.75, 3.05) is 13.1 Å². The summed E-state index contributed by atoms with van der Waals surface area (Å²) in [6.07, 6.45) is 7.04. The van der Waals surface area contributed by atoms with E-state index < -0.39 is 5.60 Å². The van der Waals surface area contributed by atoms with Gasteiger partial charge in [0.2, 0.25) is 5.91 Å². The van der Waals surface area contributed by atoms with Crippen LogP contribution in [-0.4, -0.2) is 34.6 Å². The normalized spacial score (nSPS) is 21.9. The Morgan fingerprint density at radius 1 is 1.40 bits per heavy atom. The number of nitrogens with zero attached hydrogens (tertiary/aromatic N) is 1. The Morgan fingerprint density at radius 3 is 2.80 bits per heavy atom. The Kier molecular flexibility index (Phi) is 3.94. The summed E-state index contributed by atoms with van der Waals surface area (Å²) in [5.74, 6) is 0.107. The van der Waals surface area contributed by atoms with Crippen molar-refractivity contribution in [3.05, 3.63) is 28.5 Å². The zero-order valence-corrected chi connectivity index (χ0v) is 12.5. The molecular weight excluding hydrogens is 270 g/mol. The third-order valence-electron chi connectivity index (χ3n) is 4.41. The second kappa shape index (κ2) is 5.70. The molecule has 1 saturated carbocycles. The molecule has 108 valence electrons. The quantitative estimate of drug-likeness (QED) is 0.930. The zero-order chi connectivity index (χ0) is 14.0. The van der Waals surface area contributed by atoms with Gasteiger partial charge < -0.3 is 10.0 Å². The van der Waals surface area contributed by atoms with E-state index in [1.54, 1.807) is 11.3 Å². The standard InChI is InChI=1S/C16H21NO2S/c18-15(12-16(19)7-1-2-8-16)17-9-5-13(6-10-17)14-4-3-11-20-14/h3-5,11,19H,1-2,6-10,12H2. The van der Waals surface area contributed by atoms with Gasteiger partial charge in [-0.15, -0.1) is 11.3 Å². The Morgan fingerprint density at radius 2 is 2.20 bits per heavy atom. The molecule has 1 amide bonds. The van der Waals surface area contributed by atoms with E-state index in [1.165, 1.54) is 10.5 Å². The minimum absolute atomic E-state index is 0.107. The summed E-state index contributed by atoms with van der Waals surface area (Å²) in [6, 6.07) is 4.20. The van der Waals surface area contributed by atoms with Crippen LogP contribution in [0.5, 0.6) is 0 Å². The van der Waals surface area contributed by atoms with E-state index in [9.17, 15) is 9.90 Å². The summed E-state index contributed by atoms with van der Waals surface area (Å²) in [7, 11) is 0. The number of carbonyl (C=O) groups excluding carboxylic acids is 1. The summed E-state index contributed by atoms with van der Waals surface area (Å²) in [5.41, 5.74) is 0.623. The maximum Gasteiger partial charge on any atom is 0.225 e. The molecule has 2 aliphatic rings. The van der Waals surface area contributed by atoms with E-state index in [0.717, 1.165) is 38.6 Å². The molecule has 0 unspecified atom stereocenters. The molecule has 0 spiro atoms. The molecule has 1 aliphatic heterocycles. The molecule has 3 nitrogen and oxygen atoms in total. The van der Waals surface area contributed by atoms with Crippen LogP contribution in [0.15, 0.2) is 23.6 Å². The predicted octanol–water partition coefficient (Wildman–Crippen LogP) is 3.06. The average Bonchev–Trinajstić information content (AvgIpc) is 3.10. The molecule has 2 heterocycles. The monoisotopic (exact) mass is 291 g/mol. The number of carbonyl (C=O) groups is 1. The maximum absolute atomic E-state index is 12.3. The highest BCUT2D eigenvalue weighted by molar-refractivity contribution is 7.11. The second-order valence-electron chi connectivity index (χ2n) is 5.90. The molecule has 20 heavy (non-hydrogen) atoms. The van der Waals surface area contributed by atoms with E-state index in [-0.39, 0.29) is 5.91 Å². The van der Waals surface area contributed by atoms with Crippen LogP contribution >= 0.6 is 11.3 Å². The SMILES string of the molecule is O=C(CC1(O)CCCC1)N1CC=C(c2cccs2)CC1. The maximum atomic E-state index is 12.3. The van der Waals surface area contributed by atoms with Crippen molar-refractivity contribution >= 4 is 22.8 Å².